The van der Waals surface area contributed by atoms with Gasteiger partial charge in [-0.2, -0.15) is 0 Å². The Hall–Kier alpha value is -1.39. The highest BCUT2D eigenvalue weighted by atomic mass is 32.1. The third-order valence-corrected chi connectivity index (χ3v) is 3.25. The second kappa shape index (κ2) is 5.09. The molecule has 0 radical (unpaired) electrons. The number of rotatable bonds is 5. The van der Waals surface area contributed by atoms with Crippen molar-refractivity contribution in [2.24, 2.45) is 5.73 Å². The summed E-state index contributed by atoms with van der Waals surface area (Å²) in [5, 5.41) is 2.01. The van der Waals surface area contributed by atoms with Crippen LogP contribution in [0.3, 0.4) is 0 Å². The molecule has 0 bridgehead atoms. The van der Waals surface area contributed by atoms with Crippen molar-refractivity contribution in [3.63, 3.8) is 0 Å². The molecule has 2 aromatic rings. The molecule has 84 valence electrons. The lowest BCUT2D eigenvalue weighted by atomic mass is 10.1. The summed E-state index contributed by atoms with van der Waals surface area (Å²) in [5.41, 5.74) is 5.41. The summed E-state index contributed by atoms with van der Waals surface area (Å²) < 4.78 is 5.29. The Bertz CT molecular complexity index is 459. The van der Waals surface area contributed by atoms with Crippen LogP contribution in [0.15, 0.2) is 34.1 Å². The van der Waals surface area contributed by atoms with Gasteiger partial charge in [-0.15, -0.1) is 11.3 Å². The van der Waals surface area contributed by atoms with Gasteiger partial charge >= 0.3 is 0 Å². The molecule has 0 aliphatic heterocycles. The second-order valence-corrected chi connectivity index (χ2v) is 4.50. The zero-order chi connectivity index (χ0) is 11.4. The van der Waals surface area contributed by atoms with Gasteiger partial charge in [-0.1, -0.05) is 6.07 Å². The monoisotopic (exact) mass is 235 g/mol. The van der Waals surface area contributed by atoms with Crippen molar-refractivity contribution in [1.29, 1.82) is 0 Å². The molecule has 0 unspecified atom stereocenters. The van der Waals surface area contributed by atoms with Crippen LogP contribution < -0.4 is 5.73 Å². The maximum atomic E-state index is 11.7. The van der Waals surface area contributed by atoms with Crippen LogP contribution in [0.5, 0.6) is 0 Å². The molecule has 0 saturated heterocycles. The molecular weight excluding hydrogens is 222 g/mol. The SMILES string of the molecule is NCc1ccc(C(=O)CCc2cccs2)o1. The summed E-state index contributed by atoms with van der Waals surface area (Å²) in [7, 11) is 0. The van der Waals surface area contributed by atoms with Crippen LogP contribution in [0.4, 0.5) is 0 Å². The lowest BCUT2D eigenvalue weighted by Gasteiger charge is -1.96. The fraction of sp³-hybridized carbons (Fsp3) is 0.250. The van der Waals surface area contributed by atoms with Crippen LogP contribution in [-0.4, -0.2) is 5.78 Å². The van der Waals surface area contributed by atoms with Crippen LogP contribution in [-0.2, 0) is 13.0 Å². The van der Waals surface area contributed by atoms with Gasteiger partial charge in [0.15, 0.2) is 11.5 Å². The van der Waals surface area contributed by atoms with Crippen molar-refractivity contribution < 1.29 is 9.21 Å². The Labute approximate surface area is 97.9 Å². The van der Waals surface area contributed by atoms with Crippen molar-refractivity contribution in [3.8, 4) is 0 Å². The molecule has 0 saturated carbocycles. The van der Waals surface area contributed by atoms with Gasteiger partial charge in [-0.3, -0.25) is 4.79 Å². The molecule has 0 amide bonds. The molecule has 0 aromatic carbocycles. The predicted octanol–water partition coefficient (Wildman–Crippen LogP) is 2.62. The van der Waals surface area contributed by atoms with E-state index >= 15 is 0 Å². The van der Waals surface area contributed by atoms with E-state index in [-0.39, 0.29) is 5.78 Å². The van der Waals surface area contributed by atoms with E-state index in [1.165, 1.54) is 4.88 Å². The Kier molecular flexibility index (Phi) is 3.54. The Morgan fingerprint density at radius 1 is 1.38 bits per heavy atom. The first-order valence-corrected chi connectivity index (χ1v) is 6.02. The number of ketones is 1. The van der Waals surface area contributed by atoms with E-state index in [0.717, 1.165) is 6.42 Å². The number of furan rings is 1. The van der Waals surface area contributed by atoms with Gasteiger partial charge in [0, 0.05) is 11.3 Å². The smallest absolute Gasteiger partial charge is 0.198 e. The van der Waals surface area contributed by atoms with E-state index in [1.54, 1.807) is 23.5 Å². The molecule has 0 aliphatic carbocycles. The first-order chi connectivity index (χ1) is 7.79. The van der Waals surface area contributed by atoms with Gasteiger partial charge < -0.3 is 10.2 Å². The molecule has 2 rings (SSSR count). The Balaban J connectivity index is 1.93. The molecule has 0 fully saturated rings. The third kappa shape index (κ3) is 2.59. The van der Waals surface area contributed by atoms with Gasteiger partial charge in [0.1, 0.15) is 5.76 Å². The molecule has 3 nitrogen and oxygen atoms in total. The molecule has 16 heavy (non-hydrogen) atoms. The van der Waals surface area contributed by atoms with Crippen molar-refractivity contribution >= 4 is 17.1 Å². The fourth-order valence-electron chi connectivity index (χ4n) is 1.45. The highest BCUT2D eigenvalue weighted by molar-refractivity contribution is 7.09. The van der Waals surface area contributed by atoms with Crippen LogP contribution >= 0.6 is 11.3 Å². The normalized spacial score (nSPS) is 10.6. The third-order valence-electron chi connectivity index (χ3n) is 2.32. The first-order valence-electron chi connectivity index (χ1n) is 5.14. The Morgan fingerprint density at radius 3 is 2.88 bits per heavy atom. The number of aryl methyl sites for hydroxylation is 1. The highest BCUT2D eigenvalue weighted by Crippen LogP contribution is 2.14. The van der Waals surface area contributed by atoms with E-state index < -0.39 is 0 Å². The number of thiophene rings is 1. The lowest BCUT2D eigenvalue weighted by molar-refractivity contribution is 0.0954. The Morgan fingerprint density at radius 2 is 2.25 bits per heavy atom. The van der Waals surface area contributed by atoms with Crippen molar-refractivity contribution in [3.05, 3.63) is 46.0 Å². The summed E-state index contributed by atoms with van der Waals surface area (Å²) >= 11 is 1.67. The quantitative estimate of drug-likeness (QED) is 0.810. The molecule has 2 N–H and O–H groups in total. The maximum absolute atomic E-state index is 11.7. The average molecular weight is 235 g/mol. The number of carbonyl (C=O) groups is 1. The van der Waals surface area contributed by atoms with Gasteiger partial charge in [-0.05, 0) is 30.0 Å². The molecular formula is C12H13NO2S. The summed E-state index contributed by atoms with van der Waals surface area (Å²) in [5.74, 6) is 1.10. The zero-order valence-electron chi connectivity index (χ0n) is 8.81. The van der Waals surface area contributed by atoms with E-state index in [9.17, 15) is 4.79 Å². The molecule has 0 spiro atoms. The number of nitrogens with two attached hydrogens (primary N) is 1. The zero-order valence-corrected chi connectivity index (χ0v) is 9.63. The van der Waals surface area contributed by atoms with E-state index in [2.05, 4.69) is 0 Å². The number of hydrogen-bond acceptors (Lipinski definition) is 4. The van der Waals surface area contributed by atoms with Gasteiger partial charge in [0.25, 0.3) is 0 Å². The van der Waals surface area contributed by atoms with Crippen molar-refractivity contribution in [2.45, 2.75) is 19.4 Å². The van der Waals surface area contributed by atoms with Crippen molar-refractivity contribution in [2.75, 3.05) is 0 Å². The number of carbonyl (C=O) groups excluding carboxylic acids is 1. The van der Waals surface area contributed by atoms with Crippen LogP contribution in [0, 0.1) is 0 Å². The number of Topliss-reactive ketones (excluding diaryl/α,β-unsaturated/α-hetero) is 1. The summed E-state index contributed by atoms with van der Waals surface area (Å²) in [6, 6.07) is 7.46. The molecule has 2 heterocycles. The number of hydrogen-bond donors (Lipinski definition) is 1. The van der Waals surface area contributed by atoms with Crippen LogP contribution in [0.25, 0.3) is 0 Å². The standard InChI is InChI=1S/C12H13NO2S/c13-8-9-3-6-12(15-9)11(14)5-4-10-2-1-7-16-10/h1-3,6-7H,4-5,8,13H2. The largest absolute Gasteiger partial charge is 0.457 e. The minimum absolute atomic E-state index is 0.0353. The lowest BCUT2D eigenvalue weighted by Crippen LogP contribution is -1.99. The van der Waals surface area contributed by atoms with Gasteiger partial charge in [-0.25, -0.2) is 0 Å². The predicted molar refractivity (Wildman–Crippen MR) is 63.6 cm³/mol. The minimum atomic E-state index is 0.0353. The first kappa shape index (κ1) is 11.1. The minimum Gasteiger partial charge on any atom is -0.457 e. The van der Waals surface area contributed by atoms with E-state index in [1.807, 2.05) is 17.5 Å². The summed E-state index contributed by atoms with van der Waals surface area (Å²) in [6.07, 6.45) is 1.26. The van der Waals surface area contributed by atoms with Crippen LogP contribution in [0.1, 0.15) is 27.6 Å². The summed E-state index contributed by atoms with van der Waals surface area (Å²) in [6.45, 7) is 0.332. The fourth-order valence-corrected chi connectivity index (χ4v) is 2.16. The second-order valence-electron chi connectivity index (χ2n) is 3.47. The van der Waals surface area contributed by atoms with E-state index in [4.69, 9.17) is 10.2 Å². The van der Waals surface area contributed by atoms with E-state index in [0.29, 0.717) is 24.5 Å². The molecule has 0 aliphatic rings. The topological polar surface area (TPSA) is 56.2 Å². The van der Waals surface area contributed by atoms with Gasteiger partial charge in [0.05, 0.1) is 6.54 Å². The molecule has 0 atom stereocenters. The molecule has 2 aromatic heterocycles. The molecule has 4 heteroatoms. The highest BCUT2D eigenvalue weighted by Gasteiger charge is 2.10. The maximum Gasteiger partial charge on any atom is 0.198 e. The van der Waals surface area contributed by atoms with Gasteiger partial charge in [0.2, 0.25) is 0 Å². The van der Waals surface area contributed by atoms with Crippen LogP contribution in [0.2, 0.25) is 0 Å². The summed E-state index contributed by atoms with van der Waals surface area (Å²) in [4.78, 5) is 13.0. The average Bonchev–Trinajstić information content (AvgIpc) is 2.96. The van der Waals surface area contributed by atoms with Crippen molar-refractivity contribution in [1.82, 2.24) is 0 Å².